The highest BCUT2D eigenvalue weighted by atomic mass is 79.9. The number of benzene rings is 4. The first kappa shape index (κ1) is 30.9. The number of hydrogen-bond acceptors (Lipinski definition) is 6. The number of rotatable bonds is 10. The molecule has 220 valence electrons. The van der Waals surface area contributed by atoms with E-state index < -0.39 is 17.1 Å². The van der Waals surface area contributed by atoms with E-state index in [1.165, 1.54) is 23.1 Å². The molecule has 0 aliphatic heterocycles. The number of carbonyl (C=O) groups excluding carboxylic acids is 3. The maximum Gasteiger partial charge on any atom is 0.272 e. The highest BCUT2D eigenvalue weighted by Crippen LogP contribution is 2.29. The van der Waals surface area contributed by atoms with Gasteiger partial charge in [-0.05, 0) is 61.0 Å². The molecule has 1 aromatic heterocycles. The molecular formula is C34H27BrN4O3S2. The number of nitrogens with one attached hydrogen (secondary N) is 3. The second-order valence-electron chi connectivity index (χ2n) is 9.57. The molecule has 0 bridgehead atoms. The van der Waals surface area contributed by atoms with Crippen LogP contribution in [0, 0.1) is 0 Å². The summed E-state index contributed by atoms with van der Waals surface area (Å²) in [5.41, 5.74) is 3.57. The molecule has 1 heterocycles. The van der Waals surface area contributed by atoms with Crippen LogP contribution >= 0.6 is 39.0 Å². The van der Waals surface area contributed by atoms with Crippen molar-refractivity contribution in [3.63, 3.8) is 0 Å². The van der Waals surface area contributed by atoms with Crippen molar-refractivity contribution < 1.29 is 14.4 Å². The first-order valence-corrected chi connectivity index (χ1v) is 16.1. The summed E-state index contributed by atoms with van der Waals surface area (Å²) in [6.45, 7) is 1.81. The average Bonchev–Trinajstić information content (AvgIpc) is 3.50. The van der Waals surface area contributed by atoms with E-state index in [9.17, 15) is 14.4 Å². The Morgan fingerprint density at radius 1 is 0.864 bits per heavy atom. The number of aromatic nitrogens is 1. The zero-order chi connectivity index (χ0) is 30.9. The zero-order valence-corrected chi connectivity index (χ0v) is 26.7. The lowest BCUT2D eigenvalue weighted by Gasteiger charge is -2.14. The van der Waals surface area contributed by atoms with Crippen LogP contribution in [0.1, 0.15) is 22.8 Å². The van der Waals surface area contributed by atoms with Gasteiger partial charge >= 0.3 is 0 Å². The molecule has 3 amide bonds. The van der Waals surface area contributed by atoms with Crippen molar-refractivity contribution in [1.82, 2.24) is 10.3 Å². The van der Waals surface area contributed by atoms with Gasteiger partial charge in [-0.25, -0.2) is 4.98 Å². The Hall–Kier alpha value is -4.51. The highest BCUT2D eigenvalue weighted by molar-refractivity contribution is 9.10. The van der Waals surface area contributed by atoms with Crippen molar-refractivity contribution in [3.05, 3.63) is 136 Å². The van der Waals surface area contributed by atoms with Crippen LogP contribution in [-0.4, -0.2) is 28.0 Å². The van der Waals surface area contributed by atoms with Gasteiger partial charge in [-0.1, -0.05) is 82.7 Å². The van der Waals surface area contributed by atoms with Crippen molar-refractivity contribution in [2.45, 2.75) is 17.1 Å². The minimum absolute atomic E-state index is 0.0843. The molecule has 0 aliphatic rings. The Kier molecular flexibility index (Phi) is 10.4. The molecule has 10 heteroatoms. The molecule has 7 nitrogen and oxygen atoms in total. The molecular weight excluding hydrogens is 656 g/mol. The lowest BCUT2D eigenvalue weighted by molar-refractivity contribution is -0.115. The summed E-state index contributed by atoms with van der Waals surface area (Å²) in [6.07, 6.45) is 1.62. The molecule has 4 aromatic carbocycles. The zero-order valence-electron chi connectivity index (χ0n) is 23.5. The number of thiazole rings is 1. The fraction of sp³-hybridized carbons (Fsp3) is 0.0588. The van der Waals surface area contributed by atoms with Crippen molar-refractivity contribution in [3.8, 4) is 11.3 Å². The predicted octanol–water partition coefficient (Wildman–Crippen LogP) is 8.10. The number of hydrogen-bond donors (Lipinski definition) is 3. The van der Waals surface area contributed by atoms with E-state index in [0.29, 0.717) is 16.4 Å². The summed E-state index contributed by atoms with van der Waals surface area (Å²) < 4.78 is 0.842. The van der Waals surface area contributed by atoms with Crippen molar-refractivity contribution in [2.75, 3.05) is 10.6 Å². The van der Waals surface area contributed by atoms with Crippen LogP contribution in [-0.2, 0) is 9.59 Å². The van der Waals surface area contributed by atoms with Gasteiger partial charge in [0.1, 0.15) is 5.70 Å². The van der Waals surface area contributed by atoms with E-state index in [0.717, 1.165) is 26.2 Å². The van der Waals surface area contributed by atoms with Crippen LogP contribution in [0.2, 0.25) is 0 Å². The monoisotopic (exact) mass is 682 g/mol. The summed E-state index contributed by atoms with van der Waals surface area (Å²) in [5, 5.41) is 10.5. The van der Waals surface area contributed by atoms with Crippen LogP contribution < -0.4 is 16.0 Å². The van der Waals surface area contributed by atoms with E-state index in [1.807, 2.05) is 79.0 Å². The fourth-order valence-electron chi connectivity index (χ4n) is 4.09. The van der Waals surface area contributed by atoms with Crippen LogP contribution in [0.15, 0.2) is 130 Å². The lowest BCUT2D eigenvalue weighted by atomic mass is 10.1. The topological polar surface area (TPSA) is 100 Å². The van der Waals surface area contributed by atoms with E-state index in [-0.39, 0.29) is 11.6 Å². The number of nitrogens with zero attached hydrogens (tertiary/aromatic N) is 1. The maximum absolute atomic E-state index is 13.4. The summed E-state index contributed by atoms with van der Waals surface area (Å²) in [4.78, 5) is 44.6. The number of anilines is 2. The van der Waals surface area contributed by atoms with Gasteiger partial charge in [0.2, 0.25) is 5.91 Å². The molecule has 0 spiro atoms. The third-order valence-electron chi connectivity index (χ3n) is 6.27. The van der Waals surface area contributed by atoms with Crippen LogP contribution in [0.25, 0.3) is 17.3 Å². The molecule has 5 rings (SSSR count). The predicted molar refractivity (Wildman–Crippen MR) is 183 cm³/mol. The van der Waals surface area contributed by atoms with Gasteiger partial charge in [-0.2, -0.15) is 0 Å². The molecule has 44 heavy (non-hydrogen) atoms. The van der Waals surface area contributed by atoms with Gasteiger partial charge in [0.05, 0.1) is 10.9 Å². The third kappa shape index (κ3) is 8.53. The van der Waals surface area contributed by atoms with E-state index in [4.69, 9.17) is 0 Å². The van der Waals surface area contributed by atoms with E-state index in [1.54, 1.807) is 48.5 Å². The molecule has 1 unspecified atom stereocenters. The van der Waals surface area contributed by atoms with Gasteiger partial charge in [-0.15, -0.1) is 23.1 Å². The largest absolute Gasteiger partial charge is 0.321 e. The molecule has 0 saturated carbocycles. The number of thioether (sulfide) groups is 1. The Bertz CT molecular complexity index is 1810. The van der Waals surface area contributed by atoms with E-state index >= 15 is 0 Å². The van der Waals surface area contributed by atoms with Crippen molar-refractivity contribution in [1.29, 1.82) is 0 Å². The maximum atomic E-state index is 13.4. The molecule has 3 N–H and O–H groups in total. The standard InChI is InChI=1S/C34H27BrN4O3S2/c1-22(31(40)39-34-38-30(21-43-34)24-11-4-2-5-12-24)44-28-17-9-16-27(20-28)36-33(42)29(19-23-10-8-15-26(35)18-23)37-32(41)25-13-6-3-7-14-25/h2-22H,1H3,(H,36,42)(H,37,41)(H,38,39,40)/b29-19+. The van der Waals surface area contributed by atoms with Gasteiger partial charge in [0.25, 0.3) is 11.8 Å². The van der Waals surface area contributed by atoms with Crippen molar-refractivity contribution in [2.24, 2.45) is 0 Å². The van der Waals surface area contributed by atoms with Gasteiger partial charge in [-0.3, -0.25) is 14.4 Å². The summed E-state index contributed by atoms with van der Waals surface area (Å²) >= 11 is 6.18. The Balaban J connectivity index is 1.26. The second kappa shape index (κ2) is 14.8. The van der Waals surface area contributed by atoms with Gasteiger partial charge < -0.3 is 16.0 Å². The molecule has 0 fully saturated rings. The Labute approximate surface area is 272 Å². The van der Waals surface area contributed by atoms with Crippen molar-refractivity contribution >= 4 is 73.6 Å². The summed E-state index contributed by atoms with van der Waals surface area (Å²) in [7, 11) is 0. The van der Waals surface area contributed by atoms with Gasteiger partial charge in [0.15, 0.2) is 5.13 Å². The minimum Gasteiger partial charge on any atom is -0.321 e. The molecule has 5 aromatic rings. The second-order valence-corrected chi connectivity index (χ2v) is 12.8. The smallest absolute Gasteiger partial charge is 0.272 e. The third-order valence-corrected chi connectivity index (χ3v) is 8.61. The molecule has 1 atom stereocenters. The number of halogens is 1. The summed E-state index contributed by atoms with van der Waals surface area (Å²) in [5.74, 6) is -1.07. The minimum atomic E-state index is -0.486. The molecule has 0 radical (unpaired) electrons. The van der Waals surface area contributed by atoms with Crippen LogP contribution in [0.5, 0.6) is 0 Å². The van der Waals surface area contributed by atoms with Crippen LogP contribution in [0.4, 0.5) is 10.8 Å². The summed E-state index contributed by atoms with van der Waals surface area (Å²) in [6, 6.07) is 33.1. The normalized spacial score (nSPS) is 11.8. The Morgan fingerprint density at radius 3 is 2.34 bits per heavy atom. The number of amides is 3. The fourth-order valence-corrected chi connectivity index (χ4v) is 6.15. The van der Waals surface area contributed by atoms with Crippen LogP contribution in [0.3, 0.4) is 0 Å². The molecule has 0 saturated heterocycles. The average molecular weight is 684 g/mol. The van der Waals surface area contributed by atoms with E-state index in [2.05, 4.69) is 36.9 Å². The number of carbonyl (C=O) groups is 3. The SMILES string of the molecule is CC(Sc1cccc(NC(=O)/C(=C\c2cccc(Br)c2)NC(=O)c2ccccc2)c1)C(=O)Nc1nc(-c2ccccc2)cs1. The molecule has 0 aliphatic carbocycles. The first-order chi connectivity index (χ1) is 21.3. The highest BCUT2D eigenvalue weighted by Gasteiger charge is 2.18. The first-order valence-electron chi connectivity index (χ1n) is 13.6. The quantitative estimate of drug-likeness (QED) is 0.102. The Morgan fingerprint density at radius 2 is 1.59 bits per heavy atom. The van der Waals surface area contributed by atoms with Gasteiger partial charge in [0, 0.05) is 31.6 Å². The lowest BCUT2D eigenvalue weighted by Crippen LogP contribution is -2.30.